The van der Waals surface area contributed by atoms with Crippen molar-refractivity contribution < 1.29 is 4.79 Å². The van der Waals surface area contributed by atoms with E-state index in [2.05, 4.69) is 47.6 Å². The van der Waals surface area contributed by atoms with E-state index in [9.17, 15) is 4.79 Å². The minimum atomic E-state index is 0.117. The summed E-state index contributed by atoms with van der Waals surface area (Å²) in [5.74, 6) is 0.854. The summed E-state index contributed by atoms with van der Waals surface area (Å²) in [5, 5.41) is 12.4. The number of hydrogen-bond donors (Lipinski definition) is 3. The maximum atomic E-state index is 12.7. The van der Waals surface area contributed by atoms with E-state index in [1.807, 2.05) is 35.2 Å². The van der Waals surface area contributed by atoms with E-state index in [1.54, 1.807) is 24.9 Å². The van der Waals surface area contributed by atoms with E-state index in [0.717, 1.165) is 51.1 Å². The lowest BCUT2D eigenvalue weighted by Gasteiger charge is -2.26. The van der Waals surface area contributed by atoms with Gasteiger partial charge < -0.3 is 15.2 Å². The fourth-order valence-electron chi connectivity index (χ4n) is 4.30. The van der Waals surface area contributed by atoms with Crippen LogP contribution < -0.4 is 5.32 Å². The van der Waals surface area contributed by atoms with Crippen molar-refractivity contribution >= 4 is 44.9 Å². The Hall–Kier alpha value is -4.53. The van der Waals surface area contributed by atoms with Gasteiger partial charge in [0.05, 0.1) is 23.5 Å². The first kappa shape index (κ1) is 20.1. The minimum absolute atomic E-state index is 0.117. The van der Waals surface area contributed by atoms with Crippen LogP contribution in [-0.4, -0.2) is 54.0 Å². The molecule has 1 aromatic carbocycles. The number of nitrogens with one attached hydrogen (secondary N) is 3. The molecule has 0 unspecified atom stereocenters. The number of H-pyrrole nitrogens is 2. The highest BCUT2D eigenvalue weighted by atomic mass is 16.2. The average Bonchev–Trinajstić information content (AvgIpc) is 3.52. The van der Waals surface area contributed by atoms with Crippen LogP contribution in [0.3, 0.4) is 0 Å². The van der Waals surface area contributed by atoms with Gasteiger partial charge in [-0.2, -0.15) is 5.10 Å². The van der Waals surface area contributed by atoms with E-state index < -0.39 is 0 Å². The SMILES string of the molecule is O=C(Cc1cccnc1)N1CC=C(c2cc3c(Nc4ccc5[nH]ncc5c4)ncnc3[nH]2)CC1. The van der Waals surface area contributed by atoms with Crippen molar-refractivity contribution in [3.05, 3.63) is 78.6 Å². The van der Waals surface area contributed by atoms with Crippen LogP contribution in [-0.2, 0) is 11.2 Å². The van der Waals surface area contributed by atoms with Crippen molar-refractivity contribution in [2.75, 3.05) is 18.4 Å². The summed E-state index contributed by atoms with van der Waals surface area (Å²) in [6.45, 7) is 1.27. The van der Waals surface area contributed by atoms with Gasteiger partial charge in [-0.3, -0.25) is 14.9 Å². The molecule has 34 heavy (non-hydrogen) atoms. The number of benzene rings is 1. The van der Waals surface area contributed by atoms with Gasteiger partial charge in [-0.05, 0) is 47.9 Å². The standard InChI is InChI=1S/C25H22N8O/c34-23(10-16-2-1-7-26-13-16)33-8-5-17(6-9-33)22-12-20-24(27-15-28-25(20)31-22)30-19-3-4-21-18(11-19)14-29-32-21/h1-5,7,11-15H,6,8-10H2,(H,29,32)(H2,27,28,30,31). The number of hydrogen-bond acceptors (Lipinski definition) is 6. The van der Waals surface area contributed by atoms with Crippen LogP contribution in [0, 0.1) is 0 Å². The Kier molecular flexibility index (Phi) is 4.99. The maximum Gasteiger partial charge on any atom is 0.227 e. The van der Waals surface area contributed by atoms with E-state index in [-0.39, 0.29) is 5.91 Å². The maximum absolute atomic E-state index is 12.7. The summed E-state index contributed by atoms with van der Waals surface area (Å²) in [4.78, 5) is 30.9. The van der Waals surface area contributed by atoms with Gasteiger partial charge in [-0.25, -0.2) is 9.97 Å². The highest BCUT2D eigenvalue weighted by Gasteiger charge is 2.20. The van der Waals surface area contributed by atoms with Gasteiger partial charge in [0.2, 0.25) is 5.91 Å². The summed E-state index contributed by atoms with van der Waals surface area (Å²) in [7, 11) is 0. The molecule has 5 aromatic rings. The fraction of sp³-hybridized carbons (Fsp3) is 0.160. The Labute approximate surface area is 195 Å². The van der Waals surface area contributed by atoms with E-state index in [4.69, 9.17) is 0 Å². The quantitative estimate of drug-likeness (QED) is 0.375. The molecule has 1 aliphatic heterocycles. The van der Waals surface area contributed by atoms with Gasteiger partial charge in [-0.1, -0.05) is 12.1 Å². The first-order valence-electron chi connectivity index (χ1n) is 11.1. The summed E-state index contributed by atoms with van der Waals surface area (Å²) in [6, 6.07) is 11.9. The number of nitrogens with zero attached hydrogens (tertiary/aromatic N) is 5. The van der Waals surface area contributed by atoms with Crippen molar-refractivity contribution in [2.45, 2.75) is 12.8 Å². The van der Waals surface area contributed by atoms with Gasteiger partial charge in [0.25, 0.3) is 0 Å². The molecule has 9 heteroatoms. The van der Waals surface area contributed by atoms with Crippen molar-refractivity contribution in [3.63, 3.8) is 0 Å². The second kappa shape index (κ2) is 8.43. The molecule has 0 bridgehead atoms. The summed E-state index contributed by atoms with van der Waals surface area (Å²) < 4.78 is 0. The largest absolute Gasteiger partial charge is 0.340 e. The molecule has 0 fully saturated rings. The van der Waals surface area contributed by atoms with Crippen LogP contribution in [0.25, 0.3) is 27.5 Å². The minimum Gasteiger partial charge on any atom is -0.340 e. The number of anilines is 2. The number of carbonyl (C=O) groups excluding carboxylic acids is 1. The summed E-state index contributed by atoms with van der Waals surface area (Å²) >= 11 is 0. The van der Waals surface area contributed by atoms with Crippen LogP contribution in [0.1, 0.15) is 17.7 Å². The molecule has 0 aliphatic carbocycles. The number of fused-ring (bicyclic) bond motifs is 2. The topological polar surface area (TPSA) is 115 Å². The fourth-order valence-corrected chi connectivity index (χ4v) is 4.30. The zero-order valence-electron chi connectivity index (χ0n) is 18.3. The van der Waals surface area contributed by atoms with Gasteiger partial charge >= 0.3 is 0 Å². The Bertz CT molecular complexity index is 1520. The molecule has 0 saturated heterocycles. The molecule has 0 radical (unpaired) electrons. The number of carbonyl (C=O) groups is 1. The molecule has 9 nitrogen and oxygen atoms in total. The van der Waals surface area contributed by atoms with Gasteiger partial charge in [0.15, 0.2) is 0 Å². The first-order chi connectivity index (χ1) is 16.7. The zero-order chi connectivity index (χ0) is 22.9. The van der Waals surface area contributed by atoms with Crippen LogP contribution in [0.4, 0.5) is 11.5 Å². The molecule has 6 rings (SSSR count). The lowest BCUT2D eigenvalue weighted by atomic mass is 10.0. The van der Waals surface area contributed by atoms with Crippen molar-refractivity contribution in [3.8, 4) is 0 Å². The molecule has 4 aromatic heterocycles. The number of pyridine rings is 1. The third kappa shape index (κ3) is 3.88. The number of aromatic nitrogens is 6. The van der Waals surface area contributed by atoms with E-state index >= 15 is 0 Å². The first-order valence-corrected chi connectivity index (χ1v) is 11.1. The van der Waals surface area contributed by atoms with Crippen molar-refractivity contribution in [1.29, 1.82) is 0 Å². The van der Waals surface area contributed by atoms with Gasteiger partial charge in [-0.15, -0.1) is 0 Å². The van der Waals surface area contributed by atoms with Crippen LogP contribution in [0.15, 0.2) is 67.4 Å². The Balaban J connectivity index is 1.20. The molecule has 1 amide bonds. The molecule has 3 N–H and O–H groups in total. The number of aromatic amines is 2. The van der Waals surface area contributed by atoms with Gasteiger partial charge in [0.1, 0.15) is 17.8 Å². The Morgan fingerprint density at radius 3 is 2.97 bits per heavy atom. The second-order valence-corrected chi connectivity index (χ2v) is 8.32. The molecule has 1 aliphatic rings. The Morgan fingerprint density at radius 2 is 2.12 bits per heavy atom. The smallest absolute Gasteiger partial charge is 0.227 e. The van der Waals surface area contributed by atoms with Crippen LogP contribution in [0.2, 0.25) is 0 Å². The third-order valence-corrected chi connectivity index (χ3v) is 6.11. The number of rotatable bonds is 5. The normalized spacial score (nSPS) is 13.9. The predicted molar refractivity (Wildman–Crippen MR) is 130 cm³/mol. The molecular weight excluding hydrogens is 428 g/mol. The van der Waals surface area contributed by atoms with E-state index in [0.29, 0.717) is 19.5 Å². The predicted octanol–water partition coefficient (Wildman–Crippen LogP) is 3.83. The molecule has 5 heterocycles. The second-order valence-electron chi connectivity index (χ2n) is 8.32. The van der Waals surface area contributed by atoms with E-state index in [1.165, 1.54) is 5.57 Å². The highest BCUT2D eigenvalue weighted by molar-refractivity contribution is 5.93. The lowest BCUT2D eigenvalue weighted by molar-refractivity contribution is -0.130. The molecule has 0 atom stereocenters. The molecule has 0 spiro atoms. The molecular formula is C25H22N8O. The molecule has 168 valence electrons. The zero-order valence-corrected chi connectivity index (χ0v) is 18.3. The third-order valence-electron chi connectivity index (χ3n) is 6.11. The van der Waals surface area contributed by atoms with Crippen molar-refractivity contribution in [1.82, 2.24) is 35.0 Å². The number of amides is 1. The summed E-state index contributed by atoms with van der Waals surface area (Å²) in [5.41, 5.74) is 5.80. The lowest BCUT2D eigenvalue weighted by Crippen LogP contribution is -2.35. The van der Waals surface area contributed by atoms with Gasteiger partial charge in [0, 0.05) is 42.3 Å². The Morgan fingerprint density at radius 1 is 1.15 bits per heavy atom. The van der Waals surface area contributed by atoms with Crippen LogP contribution >= 0.6 is 0 Å². The highest BCUT2D eigenvalue weighted by Crippen LogP contribution is 2.29. The summed E-state index contributed by atoms with van der Waals surface area (Å²) in [6.07, 6.45) is 10.1. The van der Waals surface area contributed by atoms with Crippen LogP contribution in [0.5, 0.6) is 0 Å². The molecule has 0 saturated carbocycles. The monoisotopic (exact) mass is 450 g/mol. The average molecular weight is 451 g/mol. The van der Waals surface area contributed by atoms with Crippen molar-refractivity contribution in [2.24, 2.45) is 0 Å².